The number of esters is 1. The molecule has 122 valence electrons. The SMILES string of the molecule is CCOC(=O)C1CCN(C(C)C(=O)Nc2cc(C)no2)CC1. The standard InChI is InChI=1S/C15H23N3O4/c1-4-21-15(20)12-5-7-18(8-6-12)11(3)14(19)16-13-9-10(2)17-22-13/h9,11-12H,4-8H2,1-3H3,(H,16,19). The van der Waals surface area contributed by atoms with Gasteiger partial charge in [-0.15, -0.1) is 0 Å². The Morgan fingerprint density at radius 1 is 1.50 bits per heavy atom. The van der Waals surface area contributed by atoms with Crippen molar-refractivity contribution in [1.82, 2.24) is 10.1 Å². The van der Waals surface area contributed by atoms with E-state index in [1.54, 1.807) is 13.0 Å². The number of rotatable bonds is 5. The Morgan fingerprint density at radius 3 is 2.73 bits per heavy atom. The third-order valence-corrected chi connectivity index (χ3v) is 3.95. The first-order chi connectivity index (χ1) is 10.5. The van der Waals surface area contributed by atoms with E-state index in [9.17, 15) is 9.59 Å². The molecule has 0 spiro atoms. The molecule has 1 amide bonds. The molecule has 1 aliphatic heterocycles. The first kappa shape index (κ1) is 16.5. The Labute approximate surface area is 130 Å². The number of anilines is 1. The number of ether oxygens (including phenoxy) is 1. The molecular formula is C15H23N3O4. The van der Waals surface area contributed by atoms with Crippen LogP contribution >= 0.6 is 0 Å². The summed E-state index contributed by atoms with van der Waals surface area (Å²) < 4.78 is 10.0. The maximum atomic E-state index is 12.2. The van der Waals surface area contributed by atoms with Gasteiger partial charge < -0.3 is 9.26 Å². The van der Waals surface area contributed by atoms with Crippen molar-refractivity contribution in [1.29, 1.82) is 0 Å². The van der Waals surface area contributed by atoms with Crippen LogP contribution in [-0.4, -0.2) is 47.7 Å². The van der Waals surface area contributed by atoms with E-state index in [1.807, 2.05) is 13.8 Å². The number of nitrogens with one attached hydrogen (secondary N) is 1. The van der Waals surface area contributed by atoms with Gasteiger partial charge >= 0.3 is 5.97 Å². The normalized spacial score (nSPS) is 18.0. The van der Waals surface area contributed by atoms with Crippen LogP contribution in [0.2, 0.25) is 0 Å². The minimum Gasteiger partial charge on any atom is -0.466 e. The Kier molecular flexibility index (Phi) is 5.54. The van der Waals surface area contributed by atoms with Crippen molar-refractivity contribution in [3.05, 3.63) is 11.8 Å². The lowest BCUT2D eigenvalue weighted by atomic mass is 9.96. The molecule has 2 heterocycles. The second kappa shape index (κ2) is 7.40. The zero-order chi connectivity index (χ0) is 16.1. The number of likely N-dealkylation sites (tertiary alicyclic amines) is 1. The summed E-state index contributed by atoms with van der Waals surface area (Å²) in [5.74, 6) is 0.0428. The van der Waals surface area contributed by atoms with Gasteiger partial charge in [-0.3, -0.25) is 19.8 Å². The van der Waals surface area contributed by atoms with Crippen LogP contribution in [0, 0.1) is 12.8 Å². The zero-order valence-corrected chi connectivity index (χ0v) is 13.3. The second-order valence-electron chi connectivity index (χ2n) is 5.56. The number of hydrogen-bond acceptors (Lipinski definition) is 6. The fraction of sp³-hybridized carbons (Fsp3) is 0.667. The smallest absolute Gasteiger partial charge is 0.309 e. The molecule has 1 unspecified atom stereocenters. The third-order valence-electron chi connectivity index (χ3n) is 3.95. The van der Waals surface area contributed by atoms with Gasteiger partial charge in [0.15, 0.2) is 0 Å². The van der Waals surface area contributed by atoms with E-state index in [2.05, 4.69) is 15.4 Å². The predicted octanol–water partition coefficient (Wildman–Crippen LogP) is 1.59. The minimum atomic E-state index is -0.284. The maximum absolute atomic E-state index is 12.2. The summed E-state index contributed by atoms with van der Waals surface area (Å²) >= 11 is 0. The highest BCUT2D eigenvalue weighted by molar-refractivity contribution is 5.93. The van der Waals surface area contributed by atoms with Gasteiger partial charge in [-0.2, -0.15) is 0 Å². The highest BCUT2D eigenvalue weighted by Crippen LogP contribution is 2.21. The molecule has 1 fully saturated rings. The summed E-state index contributed by atoms with van der Waals surface area (Å²) in [6.07, 6.45) is 1.44. The fourth-order valence-electron chi connectivity index (χ4n) is 2.60. The largest absolute Gasteiger partial charge is 0.466 e. The fourth-order valence-corrected chi connectivity index (χ4v) is 2.60. The van der Waals surface area contributed by atoms with E-state index in [4.69, 9.17) is 9.26 Å². The number of piperidine rings is 1. The average Bonchev–Trinajstić information content (AvgIpc) is 2.92. The van der Waals surface area contributed by atoms with Crippen molar-refractivity contribution in [3.8, 4) is 0 Å². The molecule has 0 aromatic carbocycles. The van der Waals surface area contributed by atoms with E-state index in [1.165, 1.54) is 0 Å². The lowest BCUT2D eigenvalue weighted by Crippen LogP contribution is -2.47. The van der Waals surface area contributed by atoms with Crippen LogP contribution < -0.4 is 5.32 Å². The van der Waals surface area contributed by atoms with Crippen LogP contribution in [0.1, 0.15) is 32.4 Å². The average molecular weight is 309 g/mol. The number of amides is 1. The van der Waals surface area contributed by atoms with Crippen LogP contribution in [0.25, 0.3) is 0 Å². The van der Waals surface area contributed by atoms with E-state index in [0.717, 1.165) is 18.5 Å². The summed E-state index contributed by atoms with van der Waals surface area (Å²) in [6, 6.07) is 1.39. The molecule has 1 aromatic rings. The summed E-state index contributed by atoms with van der Waals surface area (Å²) in [6.45, 7) is 7.27. The van der Waals surface area contributed by atoms with Crippen molar-refractivity contribution in [2.45, 2.75) is 39.7 Å². The van der Waals surface area contributed by atoms with Crippen LogP contribution in [0.5, 0.6) is 0 Å². The Balaban J connectivity index is 1.82. The topological polar surface area (TPSA) is 84.7 Å². The van der Waals surface area contributed by atoms with Gasteiger partial charge in [0.1, 0.15) is 0 Å². The molecule has 7 heteroatoms. The van der Waals surface area contributed by atoms with Crippen molar-refractivity contribution >= 4 is 17.8 Å². The molecule has 2 rings (SSSR count). The lowest BCUT2D eigenvalue weighted by Gasteiger charge is -2.34. The first-order valence-electron chi connectivity index (χ1n) is 7.66. The second-order valence-corrected chi connectivity index (χ2v) is 5.56. The number of hydrogen-bond donors (Lipinski definition) is 1. The van der Waals surface area contributed by atoms with Crippen molar-refractivity contribution in [3.63, 3.8) is 0 Å². The van der Waals surface area contributed by atoms with E-state index < -0.39 is 0 Å². The summed E-state index contributed by atoms with van der Waals surface area (Å²) in [5.41, 5.74) is 0.721. The van der Waals surface area contributed by atoms with Crippen LogP contribution in [0.4, 0.5) is 5.88 Å². The molecule has 0 saturated carbocycles. The number of carbonyl (C=O) groups excluding carboxylic acids is 2. The minimum absolute atomic E-state index is 0.0524. The number of nitrogens with zero attached hydrogens (tertiary/aromatic N) is 2. The third kappa shape index (κ3) is 4.07. The predicted molar refractivity (Wildman–Crippen MR) is 80.3 cm³/mol. The molecule has 1 aromatic heterocycles. The van der Waals surface area contributed by atoms with Crippen molar-refractivity contribution < 1.29 is 18.8 Å². The van der Waals surface area contributed by atoms with Gasteiger partial charge in [0, 0.05) is 6.07 Å². The molecule has 1 aliphatic rings. The van der Waals surface area contributed by atoms with Gasteiger partial charge in [0.25, 0.3) is 0 Å². The van der Waals surface area contributed by atoms with Gasteiger partial charge in [-0.05, 0) is 46.7 Å². The maximum Gasteiger partial charge on any atom is 0.309 e. The van der Waals surface area contributed by atoms with Crippen molar-refractivity contribution in [2.75, 3.05) is 25.0 Å². The molecule has 0 aliphatic carbocycles. The van der Waals surface area contributed by atoms with E-state index in [-0.39, 0.29) is 23.8 Å². The molecule has 22 heavy (non-hydrogen) atoms. The molecule has 1 atom stereocenters. The Morgan fingerprint density at radius 2 is 2.18 bits per heavy atom. The Hall–Kier alpha value is -1.89. The van der Waals surface area contributed by atoms with Crippen LogP contribution in [-0.2, 0) is 14.3 Å². The molecule has 1 N–H and O–H groups in total. The molecule has 0 bridgehead atoms. The van der Waals surface area contributed by atoms with Crippen LogP contribution in [0.15, 0.2) is 10.6 Å². The van der Waals surface area contributed by atoms with Crippen molar-refractivity contribution in [2.24, 2.45) is 5.92 Å². The zero-order valence-electron chi connectivity index (χ0n) is 13.3. The highest BCUT2D eigenvalue weighted by atomic mass is 16.5. The molecular weight excluding hydrogens is 286 g/mol. The summed E-state index contributed by atoms with van der Waals surface area (Å²) in [5, 5.41) is 6.45. The number of aromatic nitrogens is 1. The summed E-state index contributed by atoms with van der Waals surface area (Å²) in [4.78, 5) is 26.0. The van der Waals surface area contributed by atoms with Crippen LogP contribution in [0.3, 0.4) is 0 Å². The highest BCUT2D eigenvalue weighted by Gasteiger charge is 2.30. The lowest BCUT2D eigenvalue weighted by molar-refractivity contribution is -0.149. The number of carbonyl (C=O) groups is 2. The molecule has 7 nitrogen and oxygen atoms in total. The van der Waals surface area contributed by atoms with Gasteiger partial charge in [0.2, 0.25) is 11.8 Å². The summed E-state index contributed by atoms with van der Waals surface area (Å²) in [7, 11) is 0. The first-order valence-corrected chi connectivity index (χ1v) is 7.66. The Bertz CT molecular complexity index is 521. The number of aryl methyl sites for hydroxylation is 1. The quantitative estimate of drug-likeness (QED) is 0.831. The van der Waals surface area contributed by atoms with E-state index in [0.29, 0.717) is 25.6 Å². The van der Waals surface area contributed by atoms with Gasteiger partial charge in [-0.25, -0.2) is 0 Å². The van der Waals surface area contributed by atoms with Gasteiger partial charge in [0.05, 0.1) is 24.3 Å². The van der Waals surface area contributed by atoms with E-state index >= 15 is 0 Å². The molecule has 0 radical (unpaired) electrons. The van der Waals surface area contributed by atoms with Gasteiger partial charge in [-0.1, -0.05) is 5.16 Å². The monoisotopic (exact) mass is 309 g/mol. The molecule has 1 saturated heterocycles.